The van der Waals surface area contributed by atoms with Crippen LogP contribution < -0.4 is 0 Å². The number of hydrogen-bond acceptors (Lipinski definition) is 3. The third-order valence-corrected chi connectivity index (χ3v) is 1.75. The molecule has 0 amide bonds. The first-order valence-electron chi connectivity index (χ1n) is 3.33. The lowest BCUT2D eigenvalue weighted by atomic mass is 9.95. The van der Waals surface area contributed by atoms with Gasteiger partial charge in [0.25, 0.3) is 0 Å². The zero-order valence-electron chi connectivity index (χ0n) is 5.92. The molecule has 3 heteroatoms. The van der Waals surface area contributed by atoms with E-state index in [9.17, 15) is 9.59 Å². The summed E-state index contributed by atoms with van der Waals surface area (Å²) in [5.41, 5.74) is 0. The third kappa shape index (κ3) is 1.42. The molecule has 1 rings (SSSR count). The fourth-order valence-electron chi connectivity index (χ4n) is 1.06. The maximum Gasteiger partial charge on any atom is 0.200 e. The molecular weight excluding hydrogens is 132 g/mol. The molecule has 10 heavy (non-hydrogen) atoms. The number of methoxy groups -OCH3 is 1. The summed E-state index contributed by atoms with van der Waals surface area (Å²) in [6.45, 7) is 0. The maximum atomic E-state index is 10.7. The Hall–Kier alpha value is -0.700. The molecule has 0 heterocycles. The minimum atomic E-state index is -0.280. The number of carbonyl (C=O) groups excluding carboxylic acids is 2. The van der Waals surface area contributed by atoms with Crippen molar-refractivity contribution in [1.82, 2.24) is 0 Å². The van der Waals surface area contributed by atoms with Gasteiger partial charge in [-0.15, -0.1) is 0 Å². The Bertz CT molecular complexity index is 162. The van der Waals surface area contributed by atoms with Gasteiger partial charge >= 0.3 is 0 Å². The van der Waals surface area contributed by atoms with E-state index in [0.29, 0.717) is 12.8 Å². The van der Waals surface area contributed by atoms with Crippen LogP contribution in [0.5, 0.6) is 0 Å². The van der Waals surface area contributed by atoms with Gasteiger partial charge < -0.3 is 4.74 Å². The van der Waals surface area contributed by atoms with Gasteiger partial charge in [-0.3, -0.25) is 9.59 Å². The Morgan fingerprint density at radius 2 is 2.10 bits per heavy atom. The summed E-state index contributed by atoms with van der Waals surface area (Å²) in [6.07, 6.45) is 1.30. The van der Waals surface area contributed by atoms with E-state index >= 15 is 0 Å². The van der Waals surface area contributed by atoms with Gasteiger partial charge in [0, 0.05) is 20.0 Å². The van der Waals surface area contributed by atoms with Gasteiger partial charge in [-0.2, -0.15) is 0 Å². The SMILES string of the molecule is COC1CCC(=O)C(=O)C1. The number of ketones is 2. The molecule has 0 aromatic carbocycles. The second-order valence-corrected chi connectivity index (χ2v) is 2.45. The highest BCUT2D eigenvalue weighted by Gasteiger charge is 2.25. The standard InChI is InChI=1S/C7H10O3/c1-10-5-2-3-6(8)7(9)4-5/h5H,2-4H2,1H3. The van der Waals surface area contributed by atoms with E-state index in [1.165, 1.54) is 0 Å². The van der Waals surface area contributed by atoms with E-state index in [-0.39, 0.29) is 24.1 Å². The molecule has 0 aliphatic heterocycles. The molecule has 1 aliphatic rings. The van der Waals surface area contributed by atoms with Gasteiger partial charge in [-0.25, -0.2) is 0 Å². The lowest BCUT2D eigenvalue weighted by Gasteiger charge is -2.17. The molecule has 0 aromatic rings. The van der Waals surface area contributed by atoms with Crippen molar-refractivity contribution in [2.75, 3.05) is 7.11 Å². The summed E-state index contributed by atoms with van der Waals surface area (Å²) in [5.74, 6) is -0.522. The average molecular weight is 142 g/mol. The van der Waals surface area contributed by atoms with E-state index < -0.39 is 0 Å². The number of ether oxygens (including phenoxy) is 1. The highest BCUT2D eigenvalue weighted by Crippen LogP contribution is 2.14. The van der Waals surface area contributed by atoms with Crippen LogP contribution >= 0.6 is 0 Å². The second kappa shape index (κ2) is 2.92. The largest absolute Gasteiger partial charge is 0.381 e. The molecule has 1 saturated carbocycles. The molecule has 0 radical (unpaired) electrons. The Morgan fingerprint density at radius 3 is 2.60 bits per heavy atom. The molecule has 0 spiro atoms. The average Bonchev–Trinajstić information content (AvgIpc) is 1.95. The van der Waals surface area contributed by atoms with Crippen molar-refractivity contribution in [2.45, 2.75) is 25.4 Å². The fourth-order valence-corrected chi connectivity index (χ4v) is 1.06. The van der Waals surface area contributed by atoms with Crippen LogP contribution in [0.15, 0.2) is 0 Å². The van der Waals surface area contributed by atoms with Crippen LogP contribution in [0, 0.1) is 0 Å². The van der Waals surface area contributed by atoms with Crippen LogP contribution in [0.4, 0.5) is 0 Å². The number of carbonyl (C=O) groups is 2. The van der Waals surface area contributed by atoms with Gasteiger partial charge in [0.05, 0.1) is 6.10 Å². The van der Waals surface area contributed by atoms with Crippen LogP contribution in [-0.2, 0) is 14.3 Å². The van der Waals surface area contributed by atoms with E-state index in [4.69, 9.17) is 4.74 Å². The highest BCUT2D eigenvalue weighted by molar-refractivity contribution is 6.37. The summed E-state index contributed by atoms with van der Waals surface area (Å²) in [6, 6.07) is 0. The first-order chi connectivity index (χ1) is 4.74. The normalized spacial score (nSPS) is 27.1. The summed E-state index contributed by atoms with van der Waals surface area (Å²) < 4.78 is 4.94. The van der Waals surface area contributed by atoms with Crippen LogP contribution in [0.2, 0.25) is 0 Å². The lowest BCUT2D eigenvalue weighted by molar-refractivity contribution is -0.140. The van der Waals surface area contributed by atoms with E-state index in [1.54, 1.807) is 7.11 Å². The van der Waals surface area contributed by atoms with Gasteiger partial charge in [-0.05, 0) is 6.42 Å². The van der Waals surface area contributed by atoms with Crippen LogP contribution in [0.3, 0.4) is 0 Å². The zero-order chi connectivity index (χ0) is 7.56. The van der Waals surface area contributed by atoms with Crippen molar-refractivity contribution >= 4 is 11.6 Å². The third-order valence-electron chi connectivity index (χ3n) is 1.75. The topological polar surface area (TPSA) is 43.4 Å². The van der Waals surface area contributed by atoms with Crippen molar-refractivity contribution in [3.63, 3.8) is 0 Å². The molecule has 1 aliphatic carbocycles. The molecule has 56 valence electrons. The molecule has 1 fully saturated rings. The van der Waals surface area contributed by atoms with Crippen molar-refractivity contribution in [1.29, 1.82) is 0 Å². The molecule has 0 saturated heterocycles. The fraction of sp³-hybridized carbons (Fsp3) is 0.714. The predicted octanol–water partition coefficient (Wildman–Crippen LogP) is 0.324. The van der Waals surface area contributed by atoms with Crippen molar-refractivity contribution in [3.05, 3.63) is 0 Å². The second-order valence-electron chi connectivity index (χ2n) is 2.45. The minimum absolute atomic E-state index is 0.0230. The summed E-state index contributed by atoms with van der Waals surface area (Å²) in [4.78, 5) is 21.4. The quantitative estimate of drug-likeness (QED) is 0.495. The van der Waals surface area contributed by atoms with Gasteiger partial charge in [-0.1, -0.05) is 0 Å². The van der Waals surface area contributed by atoms with Crippen LogP contribution in [-0.4, -0.2) is 24.8 Å². The van der Waals surface area contributed by atoms with E-state index in [2.05, 4.69) is 0 Å². The Morgan fingerprint density at radius 1 is 1.40 bits per heavy atom. The van der Waals surface area contributed by atoms with Gasteiger partial charge in [0.1, 0.15) is 0 Å². The Kier molecular flexibility index (Phi) is 2.17. The van der Waals surface area contributed by atoms with Crippen LogP contribution in [0.25, 0.3) is 0 Å². The summed E-state index contributed by atoms with van der Waals surface area (Å²) >= 11 is 0. The van der Waals surface area contributed by atoms with Gasteiger partial charge in [0.15, 0.2) is 5.78 Å². The molecule has 0 aromatic heterocycles. The van der Waals surface area contributed by atoms with Crippen LogP contribution in [0.1, 0.15) is 19.3 Å². The molecule has 1 atom stereocenters. The minimum Gasteiger partial charge on any atom is -0.381 e. The summed E-state index contributed by atoms with van der Waals surface area (Å²) in [7, 11) is 1.56. The number of hydrogen-bond donors (Lipinski definition) is 0. The molecule has 1 unspecified atom stereocenters. The first-order valence-corrected chi connectivity index (χ1v) is 3.33. The predicted molar refractivity (Wildman–Crippen MR) is 34.7 cm³/mol. The molecule has 0 N–H and O–H groups in total. The smallest absolute Gasteiger partial charge is 0.200 e. The Balaban J connectivity index is 2.48. The highest BCUT2D eigenvalue weighted by atomic mass is 16.5. The maximum absolute atomic E-state index is 10.7. The van der Waals surface area contributed by atoms with E-state index in [0.717, 1.165) is 0 Å². The molecule has 3 nitrogen and oxygen atoms in total. The number of Topliss-reactive ketones (excluding diaryl/α,β-unsaturated/α-hetero) is 2. The van der Waals surface area contributed by atoms with Crippen molar-refractivity contribution < 1.29 is 14.3 Å². The zero-order valence-corrected chi connectivity index (χ0v) is 5.92. The first kappa shape index (κ1) is 7.41. The number of rotatable bonds is 1. The van der Waals surface area contributed by atoms with Gasteiger partial charge in [0.2, 0.25) is 5.78 Å². The Labute approximate surface area is 59.4 Å². The lowest BCUT2D eigenvalue weighted by Crippen LogP contribution is -2.28. The summed E-state index contributed by atoms with van der Waals surface area (Å²) in [5, 5.41) is 0. The van der Waals surface area contributed by atoms with Crippen molar-refractivity contribution in [3.8, 4) is 0 Å². The molecular formula is C7H10O3. The van der Waals surface area contributed by atoms with Crippen molar-refractivity contribution in [2.24, 2.45) is 0 Å². The monoisotopic (exact) mass is 142 g/mol. The van der Waals surface area contributed by atoms with E-state index in [1.807, 2.05) is 0 Å². The molecule has 0 bridgehead atoms.